The highest BCUT2D eigenvalue weighted by molar-refractivity contribution is 6.16. The number of nitrogens with zero attached hydrogens (tertiary/aromatic N) is 1. The van der Waals surface area contributed by atoms with Crippen LogP contribution in [0, 0.1) is 5.92 Å². The topological polar surface area (TPSA) is 46.5 Å². The van der Waals surface area contributed by atoms with E-state index in [0.717, 1.165) is 12.0 Å². The molecule has 0 heterocycles. The van der Waals surface area contributed by atoms with Crippen molar-refractivity contribution in [2.75, 3.05) is 6.54 Å². The molecule has 0 bridgehead atoms. The van der Waals surface area contributed by atoms with Gasteiger partial charge < -0.3 is 0 Å². The maximum Gasteiger partial charge on any atom is 0.149 e. The van der Waals surface area contributed by atoms with Crippen molar-refractivity contribution in [3.05, 3.63) is 108 Å². The number of carbonyl (C=O) groups excluding carboxylic acids is 2. The maximum atomic E-state index is 12.6. The van der Waals surface area contributed by atoms with Crippen LogP contribution in [0.25, 0.3) is 0 Å². The van der Waals surface area contributed by atoms with Gasteiger partial charge in [0, 0.05) is 31.5 Å². The molecule has 1 aliphatic rings. The zero-order valence-corrected chi connectivity index (χ0v) is 17.6. The number of Topliss-reactive ketones (excluding diaryl/α,β-unsaturated/α-hetero) is 2. The van der Waals surface area contributed by atoms with Gasteiger partial charge in [0.1, 0.15) is 17.5 Å². The van der Waals surface area contributed by atoms with Gasteiger partial charge in [-0.15, -0.1) is 0 Å². The molecule has 3 nitrogen and oxygen atoms in total. The Hall–Kier alpha value is -3.33. The second kappa shape index (κ2) is 10.1. The van der Waals surface area contributed by atoms with Gasteiger partial charge in [0.05, 0.1) is 0 Å². The smallest absolute Gasteiger partial charge is 0.149 e. The van der Waals surface area contributed by atoms with Crippen molar-refractivity contribution in [2.45, 2.75) is 31.1 Å². The van der Waals surface area contributed by atoms with Crippen LogP contribution in [-0.2, 0) is 9.59 Å². The molecule has 0 atom stereocenters. The van der Waals surface area contributed by atoms with Crippen LogP contribution in [0.5, 0.6) is 0 Å². The number of ketones is 2. The van der Waals surface area contributed by atoms with Crippen molar-refractivity contribution in [1.29, 1.82) is 0 Å². The second-order valence-corrected chi connectivity index (χ2v) is 8.14. The molecule has 1 aliphatic carbocycles. The predicted molar refractivity (Wildman–Crippen MR) is 125 cm³/mol. The normalized spacial score (nSPS) is 19.3. The van der Waals surface area contributed by atoms with E-state index >= 15 is 0 Å². The SMILES string of the molecule is O=C1CC(c2ccccc2)CC(=O)C1C=NCCC(c1ccccc1)c1ccccc1. The first kappa shape index (κ1) is 20.9. The molecule has 156 valence electrons. The summed E-state index contributed by atoms with van der Waals surface area (Å²) in [6.45, 7) is 0.577. The highest BCUT2D eigenvalue weighted by Gasteiger charge is 2.34. The lowest BCUT2D eigenvalue weighted by molar-refractivity contribution is -0.133. The Morgan fingerprint density at radius 3 is 1.74 bits per heavy atom. The summed E-state index contributed by atoms with van der Waals surface area (Å²) in [6.07, 6.45) is 3.23. The molecule has 3 heteroatoms. The van der Waals surface area contributed by atoms with Gasteiger partial charge in [-0.25, -0.2) is 0 Å². The van der Waals surface area contributed by atoms with Gasteiger partial charge in [-0.05, 0) is 29.0 Å². The van der Waals surface area contributed by atoms with E-state index in [1.807, 2.05) is 42.5 Å². The van der Waals surface area contributed by atoms with Crippen LogP contribution in [0.2, 0.25) is 0 Å². The van der Waals surface area contributed by atoms with Gasteiger partial charge in [0.15, 0.2) is 0 Å². The quantitative estimate of drug-likeness (QED) is 0.376. The van der Waals surface area contributed by atoms with Crippen molar-refractivity contribution < 1.29 is 9.59 Å². The fourth-order valence-electron chi connectivity index (χ4n) is 4.40. The highest BCUT2D eigenvalue weighted by Crippen LogP contribution is 2.31. The molecule has 1 fully saturated rings. The molecule has 1 saturated carbocycles. The molecule has 31 heavy (non-hydrogen) atoms. The van der Waals surface area contributed by atoms with Gasteiger partial charge >= 0.3 is 0 Å². The third-order valence-corrected chi connectivity index (χ3v) is 6.07. The van der Waals surface area contributed by atoms with Gasteiger partial charge in [-0.2, -0.15) is 0 Å². The summed E-state index contributed by atoms with van der Waals surface area (Å²) in [4.78, 5) is 29.8. The summed E-state index contributed by atoms with van der Waals surface area (Å²) in [7, 11) is 0. The zero-order valence-electron chi connectivity index (χ0n) is 17.6. The van der Waals surface area contributed by atoms with E-state index in [1.54, 1.807) is 6.21 Å². The molecular weight excluding hydrogens is 382 g/mol. The third kappa shape index (κ3) is 5.24. The third-order valence-electron chi connectivity index (χ3n) is 6.07. The minimum absolute atomic E-state index is 0.00797. The van der Waals surface area contributed by atoms with Crippen LogP contribution in [0.1, 0.15) is 47.8 Å². The number of rotatable bonds is 7. The molecule has 0 spiro atoms. The van der Waals surface area contributed by atoms with Crippen molar-refractivity contribution in [3.8, 4) is 0 Å². The summed E-state index contributed by atoms with van der Waals surface area (Å²) < 4.78 is 0. The lowest BCUT2D eigenvalue weighted by Crippen LogP contribution is -2.33. The van der Waals surface area contributed by atoms with Gasteiger partial charge in [0.2, 0.25) is 0 Å². The molecule has 0 aliphatic heterocycles. The van der Waals surface area contributed by atoms with Gasteiger partial charge in [0.25, 0.3) is 0 Å². The fraction of sp³-hybridized carbons (Fsp3) is 0.250. The first-order chi connectivity index (χ1) is 15.2. The van der Waals surface area contributed by atoms with Crippen molar-refractivity contribution >= 4 is 17.8 Å². The number of hydrogen-bond acceptors (Lipinski definition) is 3. The molecular formula is C28H27NO2. The average Bonchev–Trinajstić information content (AvgIpc) is 2.82. The second-order valence-electron chi connectivity index (χ2n) is 8.14. The van der Waals surface area contributed by atoms with Crippen molar-refractivity contribution in [2.24, 2.45) is 10.9 Å². The van der Waals surface area contributed by atoms with Crippen LogP contribution in [-0.4, -0.2) is 24.3 Å². The predicted octanol–water partition coefficient (Wildman–Crippen LogP) is 5.61. The lowest BCUT2D eigenvalue weighted by atomic mass is 9.77. The van der Waals surface area contributed by atoms with E-state index in [1.165, 1.54) is 11.1 Å². The largest absolute Gasteiger partial charge is 0.298 e. The molecule has 0 aromatic heterocycles. The molecule has 0 radical (unpaired) electrons. The van der Waals surface area contributed by atoms with E-state index < -0.39 is 5.92 Å². The van der Waals surface area contributed by atoms with Crippen LogP contribution in [0.3, 0.4) is 0 Å². The number of aliphatic imine (C=N–C) groups is 1. The molecule has 0 N–H and O–H groups in total. The van der Waals surface area contributed by atoms with Gasteiger partial charge in [-0.1, -0.05) is 91.0 Å². The summed E-state index contributed by atoms with van der Waals surface area (Å²) in [5.41, 5.74) is 3.56. The van der Waals surface area contributed by atoms with Crippen LogP contribution < -0.4 is 0 Å². The Morgan fingerprint density at radius 2 is 1.23 bits per heavy atom. The van der Waals surface area contributed by atoms with Crippen LogP contribution in [0.15, 0.2) is 96.0 Å². The fourth-order valence-corrected chi connectivity index (χ4v) is 4.40. The summed E-state index contributed by atoms with van der Waals surface area (Å²) in [5.74, 6) is -0.494. The Kier molecular flexibility index (Phi) is 6.83. The molecule has 4 rings (SSSR count). The average molecular weight is 410 g/mol. The lowest BCUT2D eigenvalue weighted by Gasteiger charge is -2.24. The van der Waals surface area contributed by atoms with E-state index in [0.29, 0.717) is 19.4 Å². The van der Waals surface area contributed by atoms with Crippen LogP contribution in [0.4, 0.5) is 0 Å². The van der Waals surface area contributed by atoms with E-state index in [9.17, 15) is 9.59 Å². The Labute approximate surface area is 183 Å². The molecule has 3 aromatic rings. The number of carbonyl (C=O) groups is 2. The Balaban J connectivity index is 1.39. The molecule has 3 aromatic carbocycles. The monoisotopic (exact) mass is 409 g/mol. The van der Waals surface area contributed by atoms with Crippen molar-refractivity contribution in [1.82, 2.24) is 0 Å². The first-order valence-electron chi connectivity index (χ1n) is 10.9. The van der Waals surface area contributed by atoms with Crippen molar-refractivity contribution in [3.63, 3.8) is 0 Å². The van der Waals surface area contributed by atoms with E-state index in [4.69, 9.17) is 0 Å². The zero-order chi connectivity index (χ0) is 21.5. The van der Waals surface area contributed by atoms with Crippen LogP contribution >= 0.6 is 0 Å². The first-order valence-corrected chi connectivity index (χ1v) is 10.9. The Bertz CT molecular complexity index is 971. The Morgan fingerprint density at radius 1 is 0.742 bits per heavy atom. The molecule has 0 amide bonds. The minimum atomic E-state index is -0.688. The van der Waals surface area contributed by atoms with E-state index in [-0.39, 0.29) is 23.4 Å². The maximum absolute atomic E-state index is 12.6. The summed E-state index contributed by atoms with van der Waals surface area (Å²) in [6, 6.07) is 30.6. The highest BCUT2D eigenvalue weighted by atomic mass is 16.2. The van der Waals surface area contributed by atoms with Gasteiger partial charge in [-0.3, -0.25) is 14.6 Å². The summed E-state index contributed by atoms with van der Waals surface area (Å²) >= 11 is 0. The molecule has 0 saturated heterocycles. The number of benzene rings is 3. The standard InChI is InChI=1S/C28H27NO2/c30-27-18-24(21-10-4-1-5-11-21)19-28(31)26(27)20-29-17-16-25(22-12-6-2-7-13-22)23-14-8-3-9-15-23/h1-15,20,24-26H,16-19H2. The van der Waals surface area contributed by atoms with E-state index in [2.05, 4.69) is 53.5 Å². The number of hydrogen-bond donors (Lipinski definition) is 0. The summed E-state index contributed by atoms with van der Waals surface area (Å²) in [5, 5.41) is 0. The minimum Gasteiger partial charge on any atom is -0.298 e. The molecule has 0 unspecified atom stereocenters.